The van der Waals surface area contributed by atoms with Crippen molar-refractivity contribution in [3.05, 3.63) is 70.0 Å². The molecule has 2 aromatic carbocycles. The van der Waals surface area contributed by atoms with Crippen LogP contribution in [0.15, 0.2) is 52.4 Å². The molecular formula is C20H20F2N4O2. The second kappa shape index (κ2) is 9.18. The molecule has 0 radical (unpaired) electrons. The van der Waals surface area contributed by atoms with E-state index < -0.39 is 11.6 Å². The van der Waals surface area contributed by atoms with Crippen LogP contribution in [0.2, 0.25) is 0 Å². The highest BCUT2D eigenvalue weighted by Crippen LogP contribution is 2.12. The lowest BCUT2D eigenvalue weighted by molar-refractivity contribution is 0.141. The van der Waals surface area contributed by atoms with Crippen LogP contribution in [0.25, 0.3) is 10.9 Å². The van der Waals surface area contributed by atoms with E-state index in [1.54, 1.807) is 24.3 Å². The third-order valence-electron chi connectivity index (χ3n) is 4.07. The van der Waals surface area contributed by atoms with Crippen molar-refractivity contribution in [1.29, 1.82) is 0 Å². The maximum absolute atomic E-state index is 13.7. The Morgan fingerprint density at radius 2 is 2.07 bits per heavy atom. The minimum absolute atomic E-state index is 0.111. The minimum atomic E-state index is -0.730. The van der Waals surface area contributed by atoms with E-state index in [2.05, 4.69) is 15.5 Å². The number of anilines is 1. The van der Waals surface area contributed by atoms with E-state index >= 15 is 0 Å². The first-order chi connectivity index (χ1) is 13.6. The smallest absolute Gasteiger partial charge is 0.262 e. The van der Waals surface area contributed by atoms with Gasteiger partial charge in [0.05, 0.1) is 17.1 Å². The van der Waals surface area contributed by atoms with Crippen molar-refractivity contribution >= 4 is 23.1 Å². The summed E-state index contributed by atoms with van der Waals surface area (Å²) in [5.74, 6) is -1.16. The van der Waals surface area contributed by atoms with Crippen LogP contribution in [-0.2, 0) is 11.3 Å². The molecule has 0 unspecified atom stereocenters. The SMILES string of the molecule is CCOCCCn1c(N/N=C\c2ccc(F)cc2F)nc2ccccc2c1=O. The summed E-state index contributed by atoms with van der Waals surface area (Å²) in [6.07, 6.45) is 1.83. The molecule has 0 bridgehead atoms. The van der Waals surface area contributed by atoms with E-state index in [9.17, 15) is 13.6 Å². The van der Waals surface area contributed by atoms with Crippen molar-refractivity contribution in [2.45, 2.75) is 19.9 Å². The van der Waals surface area contributed by atoms with Gasteiger partial charge in [-0.05, 0) is 37.6 Å². The molecule has 0 amide bonds. The number of hydrogen-bond donors (Lipinski definition) is 1. The summed E-state index contributed by atoms with van der Waals surface area (Å²) < 4.78 is 33.5. The number of ether oxygens (including phenoxy) is 1. The van der Waals surface area contributed by atoms with E-state index in [1.807, 2.05) is 6.92 Å². The molecule has 0 spiro atoms. The Bertz CT molecular complexity index is 1050. The third kappa shape index (κ3) is 4.58. The van der Waals surface area contributed by atoms with Crippen LogP contribution in [-0.4, -0.2) is 29.0 Å². The van der Waals surface area contributed by atoms with Crippen LogP contribution < -0.4 is 11.0 Å². The van der Waals surface area contributed by atoms with Gasteiger partial charge in [-0.15, -0.1) is 0 Å². The monoisotopic (exact) mass is 386 g/mol. The van der Waals surface area contributed by atoms with E-state index in [4.69, 9.17) is 4.74 Å². The molecule has 3 rings (SSSR count). The van der Waals surface area contributed by atoms with E-state index in [0.717, 1.165) is 12.1 Å². The fourth-order valence-electron chi connectivity index (χ4n) is 2.70. The van der Waals surface area contributed by atoms with Crippen LogP contribution in [0.5, 0.6) is 0 Å². The van der Waals surface area contributed by atoms with Gasteiger partial charge in [0.2, 0.25) is 5.95 Å². The van der Waals surface area contributed by atoms with Crippen LogP contribution in [0.1, 0.15) is 18.9 Å². The molecule has 146 valence electrons. The van der Waals surface area contributed by atoms with Gasteiger partial charge in [0.25, 0.3) is 5.56 Å². The van der Waals surface area contributed by atoms with Crippen molar-refractivity contribution in [2.75, 3.05) is 18.6 Å². The number of rotatable bonds is 8. The van der Waals surface area contributed by atoms with Gasteiger partial charge in [0.15, 0.2) is 0 Å². The van der Waals surface area contributed by atoms with Gasteiger partial charge in [-0.1, -0.05) is 12.1 Å². The Balaban J connectivity index is 1.89. The number of aromatic nitrogens is 2. The van der Waals surface area contributed by atoms with Gasteiger partial charge in [-0.25, -0.2) is 19.2 Å². The quantitative estimate of drug-likeness (QED) is 0.365. The van der Waals surface area contributed by atoms with E-state index in [-0.39, 0.29) is 17.1 Å². The average Bonchev–Trinajstić information content (AvgIpc) is 2.69. The first-order valence-corrected chi connectivity index (χ1v) is 8.91. The summed E-state index contributed by atoms with van der Waals surface area (Å²) in [5, 5.41) is 4.46. The lowest BCUT2D eigenvalue weighted by atomic mass is 10.2. The van der Waals surface area contributed by atoms with Crippen molar-refractivity contribution in [3.8, 4) is 0 Å². The largest absolute Gasteiger partial charge is 0.382 e. The van der Waals surface area contributed by atoms with Crippen molar-refractivity contribution < 1.29 is 13.5 Å². The predicted octanol–water partition coefficient (Wildman–Crippen LogP) is 3.55. The lowest BCUT2D eigenvalue weighted by Gasteiger charge is -2.12. The van der Waals surface area contributed by atoms with Gasteiger partial charge in [-0.3, -0.25) is 9.36 Å². The van der Waals surface area contributed by atoms with Crippen LogP contribution in [0.3, 0.4) is 0 Å². The van der Waals surface area contributed by atoms with E-state index in [1.165, 1.54) is 16.8 Å². The second-order valence-corrected chi connectivity index (χ2v) is 6.00. The topological polar surface area (TPSA) is 68.5 Å². The highest BCUT2D eigenvalue weighted by molar-refractivity contribution is 5.81. The van der Waals surface area contributed by atoms with Crippen LogP contribution >= 0.6 is 0 Å². The van der Waals surface area contributed by atoms with Gasteiger partial charge >= 0.3 is 0 Å². The van der Waals surface area contributed by atoms with Crippen molar-refractivity contribution in [1.82, 2.24) is 9.55 Å². The Kier molecular flexibility index (Phi) is 6.44. The highest BCUT2D eigenvalue weighted by atomic mass is 19.1. The highest BCUT2D eigenvalue weighted by Gasteiger charge is 2.10. The number of benzene rings is 2. The Morgan fingerprint density at radius 1 is 1.25 bits per heavy atom. The standard InChI is InChI=1S/C20H20F2N4O2/c1-2-28-11-5-10-26-19(27)16-6-3-4-7-18(16)24-20(26)25-23-13-14-8-9-15(21)12-17(14)22/h3-4,6-9,12-13H,2,5,10-11H2,1H3,(H,24,25)/b23-13-. The number of para-hydroxylation sites is 1. The summed E-state index contributed by atoms with van der Waals surface area (Å²) >= 11 is 0. The molecule has 0 saturated heterocycles. The zero-order chi connectivity index (χ0) is 19.9. The summed E-state index contributed by atoms with van der Waals surface area (Å²) in [5.41, 5.74) is 3.13. The molecule has 0 aliphatic rings. The zero-order valence-electron chi connectivity index (χ0n) is 15.4. The molecule has 8 heteroatoms. The molecule has 1 aromatic heterocycles. The van der Waals surface area contributed by atoms with Crippen LogP contribution in [0.4, 0.5) is 14.7 Å². The molecule has 0 aliphatic carbocycles. The molecular weight excluding hydrogens is 366 g/mol. The number of hydrazone groups is 1. The maximum Gasteiger partial charge on any atom is 0.262 e. The average molecular weight is 386 g/mol. The second-order valence-electron chi connectivity index (χ2n) is 6.00. The first-order valence-electron chi connectivity index (χ1n) is 8.91. The van der Waals surface area contributed by atoms with Crippen molar-refractivity contribution in [2.24, 2.45) is 5.10 Å². The van der Waals surface area contributed by atoms with Crippen molar-refractivity contribution in [3.63, 3.8) is 0 Å². The molecule has 0 aliphatic heterocycles. The molecule has 0 saturated carbocycles. The Morgan fingerprint density at radius 3 is 2.86 bits per heavy atom. The van der Waals surface area contributed by atoms with Gasteiger partial charge in [-0.2, -0.15) is 5.10 Å². The first kappa shape index (κ1) is 19.6. The summed E-state index contributed by atoms with van der Waals surface area (Å²) in [6.45, 7) is 3.40. The lowest BCUT2D eigenvalue weighted by Crippen LogP contribution is -2.25. The molecule has 0 atom stereocenters. The molecule has 1 heterocycles. The summed E-state index contributed by atoms with van der Waals surface area (Å²) in [6, 6.07) is 10.2. The normalized spacial score (nSPS) is 11.4. The fourth-order valence-corrected chi connectivity index (χ4v) is 2.70. The maximum atomic E-state index is 13.7. The molecule has 28 heavy (non-hydrogen) atoms. The summed E-state index contributed by atoms with van der Waals surface area (Å²) in [7, 11) is 0. The molecule has 0 fully saturated rings. The van der Waals surface area contributed by atoms with Crippen LogP contribution in [0, 0.1) is 11.6 Å². The van der Waals surface area contributed by atoms with Gasteiger partial charge in [0, 0.05) is 31.4 Å². The van der Waals surface area contributed by atoms with E-state index in [0.29, 0.717) is 37.1 Å². The number of hydrogen-bond acceptors (Lipinski definition) is 5. The minimum Gasteiger partial charge on any atom is -0.382 e. The molecule has 6 nitrogen and oxygen atoms in total. The van der Waals surface area contributed by atoms with Gasteiger partial charge < -0.3 is 4.74 Å². The Labute approximate surface area is 160 Å². The Hall–Kier alpha value is -3.13. The number of halogens is 2. The number of nitrogens with zero attached hydrogens (tertiary/aromatic N) is 3. The number of nitrogens with one attached hydrogen (secondary N) is 1. The summed E-state index contributed by atoms with van der Waals surface area (Å²) in [4.78, 5) is 17.3. The third-order valence-corrected chi connectivity index (χ3v) is 4.07. The molecule has 1 N–H and O–H groups in total. The van der Waals surface area contributed by atoms with Gasteiger partial charge in [0.1, 0.15) is 11.6 Å². The number of fused-ring (bicyclic) bond motifs is 1. The zero-order valence-corrected chi connectivity index (χ0v) is 15.4. The fraction of sp³-hybridized carbons (Fsp3) is 0.250. The molecule has 3 aromatic rings. The predicted molar refractivity (Wildman–Crippen MR) is 105 cm³/mol.